The lowest BCUT2D eigenvalue weighted by molar-refractivity contribution is 0.459. The average molecular weight is 423 g/mol. The maximum atomic E-state index is 11.5. The molecule has 10 heteroatoms. The molecular formula is C18H26N6O2S2. The van der Waals surface area contributed by atoms with E-state index in [1.54, 1.807) is 18.1 Å². The number of fused-ring (bicyclic) bond motifs is 3. The summed E-state index contributed by atoms with van der Waals surface area (Å²) in [5.41, 5.74) is 8.59. The van der Waals surface area contributed by atoms with Crippen LogP contribution < -0.4 is 15.4 Å². The summed E-state index contributed by atoms with van der Waals surface area (Å²) in [5.74, 6) is 1.57. The second kappa shape index (κ2) is 7.64. The molecule has 0 spiro atoms. The van der Waals surface area contributed by atoms with Crippen molar-refractivity contribution >= 4 is 39.8 Å². The highest BCUT2D eigenvalue weighted by Crippen LogP contribution is 2.48. The molecule has 1 aromatic heterocycles. The normalized spacial score (nSPS) is 24.8. The zero-order chi connectivity index (χ0) is 19.9. The lowest BCUT2D eigenvalue weighted by atomic mass is 9.96. The molecular weight excluding hydrogens is 396 g/mol. The van der Waals surface area contributed by atoms with Gasteiger partial charge in [-0.3, -0.25) is 4.99 Å². The predicted molar refractivity (Wildman–Crippen MR) is 114 cm³/mol. The van der Waals surface area contributed by atoms with Gasteiger partial charge in [0, 0.05) is 24.7 Å². The van der Waals surface area contributed by atoms with Crippen LogP contribution in [0.25, 0.3) is 0 Å². The summed E-state index contributed by atoms with van der Waals surface area (Å²) in [6.45, 7) is 3.74. The summed E-state index contributed by atoms with van der Waals surface area (Å²) in [7, 11) is -3.17. The van der Waals surface area contributed by atoms with E-state index in [0.717, 1.165) is 49.6 Å². The summed E-state index contributed by atoms with van der Waals surface area (Å²) >= 11 is 1.66. The molecule has 0 bridgehead atoms. The Morgan fingerprint density at radius 1 is 1.36 bits per heavy atom. The second-order valence-corrected chi connectivity index (χ2v) is 10.5. The van der Waals surface area contributed by atoms with Gasteiger partial charge >= 0.3 is 0 Å². The van der Waals surface area contributed by atoms with Crippen LogP contribution in [0.1, 0.15) is 43.4 Å². The number of aromatic nitrogens is 1. The maximum absolute atomic E-state index is 11.5. The maximum Gasteiger partial charge on any atom is 0.208 e. The molecule has 2 unspecified atom stereocenters. The molecule has 4 rings (SSSR count). The largest absolute Gasteiger partial charge is 0.386 e. The molecule has 28 heavy (non-hydrogen) atoms. The van der Waals surface area contributed by atoms with Crippen molar-refractivity contribution in [3.05, 3.63) is 17.2 Å². The molecule has 1 fully saturated rings. The van der Waals surface area contributed by atoms with E-state index in [0.29, 0.717) is 5.84 Å². The molecule has 3 aliphatic rings. The van der Waals surface area contributed by atoms with E-state index in [1.165, 1.54) is 17.4 Å². The number of nitrogens with zero attached hydrogens (tertiary/aromatic N) is 4. The number of anilines is 1. The fourth-order valence-corrected chi connectivity index (χ4v) is 6.22. The Labute approximate surface area is 170 Å². The Hall–Kier alpha value is -1.65. The molecule has 3 aliphatic heterocycles. The van der Waals surface area contributed by atoms with Gasteiger partial charge in [-0.05, 0) is 30.9 Å². The van der Waals surface area contributed by atoms with Crippen LogP contribution in [-0.2, 0) is 16.4 Å². The van der Waals surface area contributed by atoms with E-state index in [9.17, 15) is 8.42 Å². The smallest absolute Gasteiger partial charge is 0.208 e. The Morgan fingerprint density at radius 2 is 2.11 bits per heavy atom. The van der Waals surface area contributed by atoms with Gasteiger partial charge in [0.1, 0.15) is 23.0 Å². The van der Waals surface area contributed by atoms with Crippen LogP contribution in [0.2, 0.25) is 0 Å². The third-order valence-corrected chi connectivity index (χ3v) is 7.41. The number of sulfonamides is 1. The van der Waals surface area contributed by atoms with Gasteiger partial charge < -0.3 is 10.6 Å². The highest BCUT2D eigenvalue weighted by atomic mass is 32.2. The van der Waals surface area contributed by atoms with E-state index in [2.05, 4.69) is 32.6 Å². The first-order valence-corrected chi connectivity index (χ1v) is 12.4. The summed E-state index contributed by atoms with van der Waals surface area (Å²) in [6.07, 6.45) is 6.35. The Balaban J connectivity index is 1.58. The first kappa shape index (κ1) is 19.7. The predicted octanol–water partition coefficient (Wildman–Crippen LogP) is 1.47. The van der Waals surface area contributed by atoms with Gasteiger partial charge in [0.15, 0.2) is 0 Å². The molecule has 0 aromatic carbocycles. The number of piperidine rings is 1. The number of aliphatic imine (C=N–C) groups is 2. The van der Waals surface area contributed by atoms with Crippen molar-refractivity contribution in [2.24, 2.45) is 15.7 Å². The molecule has 4 heterocycles. The highest BCUT2D eigenvalue weighted by Gasteiger charge is 2.40. The van der Waals surface area contributed by atoms with Gasteiger partial charge in [-0.15, -0.1) is 0 Å². The Kier molecular flexibility index (Phi) is 5.36. The lowest BCUT2D eigenvalue weighted by Gasteiger charge is -2.33. The van der Waals surface area contributed by atoms with Crippen LogP contribution in [0, 0.1) is 0 Å². The molecule has 2 atom stereocenters. The standard InChI is InChI=1S/C18H26N6O2S2/c1-3-4-11-9-13(24-7-5-12(6-8-24)23-28(2,25)26)22-18-14(11)15-16(27-18)17(19)21-10-20-15/h9-10,12,15-16,23H,3-8H2,1-2H3,(H2,19,20,21). The second-order valence-electron chi connectivity index (χ2n) is 7.56. The van der Waals surface area contributed by atoms with E-state index < -0.39 is 10.0 Å². The van der Waals surface area contributed by atoms with Crippen LogP contribution in [-0.4, -0.2) is 56.2 Å². The molecule has 3 N–H and O–H groups in total. The summed E-state index contributed by atoms with van der Waals surface area (Å²) in [6, 6.07) is 2.19. The minimum Gasteiger partial charge on any atom is -0.386 e. The molecule has 8 nitrogen and oxygen atoms in total. The van der Waals surface area contributed by atoms with Crippen molar-refractivity contribution in [2.75, 3.05) is 24.2 Å². The average Bonchev–Trinajstić information content (AvgIpc) is 3.01. The van der Waals surface area contributed by atoms with Crippen LogP contribution in [0.5, 0.6) is 0 Å². The third kappa shape index (κ3) is 3.90. The fourth-order valence-electron chi connectivity index (χ4n) is 4.10. The number of rotatable bonds is 5. The van der Waals surface area contributed by atoms with Gasteiger partial charge in [0.2, 0.25) is 10.0 Å². The molecule has 0 aliphatic carbocycles. The molecule has 152 valence electrons. The first-order chi connectivity index (χ1) is 13.4. The lowest BCUT2D eigenvalue weighted by Crippen LogP contribution is -2.44. The number of hydrogen-bond acceptors (Lipinski definition) is 8. The highest BCUT2D eigenvalue weighted by molar-refractivity contribution is 8.01. The third-order valence-electron chi connectivity index (χ3n) is 5.36. The SMILES string of the molecule is CCCc1cc(N2CCC(NS(C)(=O)=O)CC2)nc2c1C1N=CN=C(N)C1S2. The van der Waals surface area contributed by atoms with Crippen molar-refractivity contribution in [3.8, 4) is 0 Å². The van der Waals surface area contributed by atoms with Crippen LogP contribution in [0.3, 0.4) is 0 Å². The van der Waals surface area contributed by atoms with Crippen molar-refractivity contribution in [2.45, 2.75) is 55.0 Å². The van der Waals surface area contributed by atoms with Crippen LogP contribution >= 0.6 is 11.8 Å². The number of amidine groups is 1. The first-order valence-electron chi connectivity index (χ1n) is 9.63. The van der Waals surface area contributed by atoms with Crippen LogP contribution in [0.4, 0.5) is 5.82 Å². The number of pyridine rings is 1. The van der Waals surface area contributed by atoms with Gasteiger partial charge in [0.25, 0.3) is 0 Å². The zero-order valence-corrected chi connectivity index (χ0v) is 17.8. The van der Waals surface area contributed by atoms with Crippen molar-refractivity contribution in [3.63, 3.8) is 0 Å². The van der Waals surface area contributed by atoms with Crippen molar-refractivity contribution in [1.29, 1.82) is 0 Å². The number of aryl methyl sites for hydroxylation is 1. The Bertz CT molecular complexity index is 922. The minimum absolute atomic E-state index is 0.00150. The molecule has 0 saturated carbocycles. The minimum atomic E-state index is -3.17. The number of nitrogens with one attached hydrogen (secondary N) is 1. The molecule has 0 amide bonds. The van der Waals surface area contributed by atoms with E-state index in [-0.39, 0.29) is 17.3 Å². The molecule has 1 aromatic rings. The Morgan fingerprint density at radius 3 is 2.79 bits per heavy atom. The van der Waals surface area contributed by atoms with E-state index in [4.69, 9.17) is 10.7 Å². The summed E-state index contributed by atoms with van der Waals surface area (Å²) in [5, 5.41) is 1.03. The number of hydrogen-bond donors (Lipinski definition) is 2. The van der Waals surface area contributed by atoms with Gasteiger partial charge in [-0.2, -0.15) is 0 Å². The fraction of sp³-hybridized carbons (Fsp3) is 0.611. The summed E-state index contributed by atoms with van der Waals surface area (Å²) in [4.78, 5) is 15.9. The quantitative estimate of drug-likeness (QED) is 0.743. The topological polar surface area (TPSA) is 113 Å². The van der Waals surface area contributed by atoms with Gasteiger partial charge in [-0.1, -0.05) is 25.1 Å². The van der Waals surface area contributed by atoms with Gasteiger partial charge in [-0.25, -0.2) is 23.1 Å². The van der Waals surface area contributed by atoms with E-state index >= 15 is 0 Å². The van der Waals surface area contributed by atoms with Crippen molar-refractivity contribution < 1.29 is 8.42 Å². The zero-order valence-electron chi connectivity index (χ0n) is 16.1. The molecule has 1 saturated heterocycles. The molecule has 0 radical (unpaired) electrons. The number of nitrogens with two attached hydrogens (primary N) is 1. The monoisotopic (exact) mass is 422 g/mol. The van der Waals surface area contributed by atoms with Gasteiger partial charge in [0.05, 0.1) is 17.5 Å². The van der Waals surface area contributed by atoms with Crippen molar-refractivity contribution in [1.82, 2.24) is 9.71 Å². The van der Waals surface area contributed by atoms with E-state index in [1.807, 2.05) is 0 Å². The summed E-state index contributed by atoms with van der Waals surface area (Å²) < 4.78 is 25.7. The number of thioether (sulfide) groups is 1. The van der Waals surface area contributed by atoms with Crippen LogP contribution in [0.15, 0.2) is 21.1 Å².